The third-order valence-corrected chi connectivity index (χ3v) is 6.11. The minimum absolute atomic E-state index is 0.0567. The van der Waals surface area contributed by atoms with Gasteiger partial charge in [-0.2, -0.15) is 0 Å². The predicted molar refractivity (Wildman–Crippen MR) is 124 cm³/mol. The molecular formula is C26H28N4O2. The molecule has 2 amide bonds. The minimum Gasteiger partial charge on any atom is -0.348 e. The van der Waals surface area contributed by atoms with E-state index in [-0.39, 0.29) is 11.8 Å². The van der Waals surface area contributed by atoms with Gasteiger partial charge < -0.3 is 9.80 Å². The van der Waals surface area contributed by atoms with Crippen LogP contribution < -0.4 is 0 Å². The van der Waals surface area contributed by atoms with Crippen LogP contribution in [0.5, 0.6) is 0 Å². The second-order valence-corrected chi connectivity index (χ2v) is 8.64. The molecule has 1 saturated heterocycles. The van der Waals surface area contributed by atoms with E-state index in [1.54, 1.807) is 30.1 Å². The highest BCUT2D eigenvalue weighted by Gasteiger charge is 2.44. The quantitative estimate of drug-likeness (QED) is 0.622. The number of carbonyl (C=O) groups excluding carboxylic acids is 2. The summed E-state index contributed by atoms with van der Waals surface area (Å²) in [4.78, 5) is 38.0. The largest absolute Gasteiger partial charge is 0.348 e. The topological polar surface area (TPSA) is 66.4 Å². The lowest BCUT2D eigenvalue weighted by Crippen LogP contribution is -2.54. The van der Waals surface area contributed by atoms with Gasteiger partial charge in [0.25, 0.3) is 5.91 Å². The summed E-state index contributed by atoms with van der Waals surface area (Å²) in [6.07, 6.45) is 6.65. The SMILES string of the molecule is CN(C)C(=O)[C@@]1(Cc2ccc(-c3ccccc3)cc2)CCCN(C(=O)c2cnccn2)C1. The molecule has 1 aliphatic heterocycles. The van der Waals surface area contributed by atoms with E-state index < -0.39 is 5.41 Å². The van der Waals surface area contributed by atoms with E-state index in [1.165, 1.54) is 12.4 Å². The van der Waals surface area contributed by atoms with Crippen LogP contribution in [0.4, 0.5) is 0 Å². The number of aromatic nitrogens is 2. The molecular weight excluding hydrogens is 400 g/mol. The lowest BCUT2D eigenvalue weighted by Gasteiger charge is -2.43. The van der Waals surface area contributed by atoms with Crippen LogP contribution in [0.2, 0.25) is 0 Å². The first kappa shape index (κ1) is 21.7. The summed E-state index contributed by atoms with van der Waals surface area (Å²) in [5.74, 6) is -0.116. The van der Waals surface area contributed by atoms with Crippen molar-refractivity contribution in [1.29, 1.82) is 0 Å². The predicted octanol–water partition coefficient (Wildman–Crippen LogP) is 3.70. The van der Waals surface area contributed by atoms with Gasteiger partial charge in [0.1, 0.15) is 5.69 Å². The first-order valence-corrected chi connectivity index (χ1v) is 10.9. The summed E-state index contributed by atoms with van der Waals surface area (Å²) < 4.78 is 0. The Labute approximate surface area is 188 Å². The van der Waals surface area contributed by atoms with Crippen LogP contribution >= 0.6 is 0 Å². The van der Waals surface area contributed by atoms with Crippen LogP contribution in [0.15, 0.2) is 73.2 Å². The maximum Gasteiger partial charge on any atom is 0.274 e. The molecule has 0 radical (unpaired) electrons. The van der Waals surface area contributed by atoms with Gasteiger partial charge in [-0.3, -0.25) is 14.6 Å². The van der Waals surface area contributed by atoms with Crippen molar-refractivity contribution >= 4 is 11.8 Å². The molecule has 0 bridgehead atoms. The number of carbonyl (C=O) groups is 2. The molecule has 2 heterocycles. The van der Waals surface area contributed by atoms with Crippen molar-refractivity contribution in [3.63, 3.8) is 0 Å². The third-order valence-electron chi connectivity index (χ3n) is 6.11. The number of amides is 2. The Balaban J connectivity index is 1.59. The summed E-state index contributed by atoms with van der Waals surface area (Å²) in [5, 5.41) is 0. The van der Waals surface area contributed by atoms with Gasteiger partial charge in [0.05, 0.1) is 11.6 Å². The normalized spacial score (nSPS) is 18.2. The summed E-state index contributed by atoms with van der Waals surface area (Å²) in [6, 6.07) is 18.6. The fourth-order valence-electron chi connectivity index (χ4n) is 4.58. The van der Waals surface area contributed by atoms with Crippen molar-refractivity contribution in [2.24, 2.45) is 5.41 Å². The van der Waals surface area contributed by atoms with E-state index in [4.69, 9.17) is 0 Å². The van der Waals surface area contributed by atoms with Crippen molar-refractivity contribution < 1.29 is 9.59 Å². The summed E-state index contributed by atoms with van der Waals surface area (Å²) in [7, 11) is 3.57. The smallest absolute Gasteiger partial charge is 0.274 e. The molecule has 1 fully saturated rings. The summed E-state index contributed by atoms with van der Waals surface area (Å²) >= 11 is 0. The average Bonchev–Trinajstić information content (AvgIpc) is 2.84. The van der Waals surface area contributed by atoms with Gasteiger partial charge in [-0.05, 0) is 36.0 Å². The number of hydrogen-bond donors (Lipinski definition) is 0. The molecule has 2 aromatic carbocycles. The fraction of sp³-hybridized carbons (Fsp3) is 0.308. The van der Waals surface area contributed by atoms with Crippen molar-refractivity contribution in [3.8, 4) is 11.1 Å². The molecule has 1 aromatic heterocycles. The Morgan fingerprint density at radius 1 is 1.00 bits per heavy atom. The van der Waals surface area contributed by atoms with Gasteiger partial charge >= 0.3 is 0 Å². The minimum atomic E-state index is -0.659. The number of piperidine rings is 1. The molecule has 32 heavy (non-hydrogen) atoms. The van der Waals surface area contributed by atoms with E-state index >= 15 is 0 Å². The van der Waals surface area contributed by atoms with Crippen molar-refractivity contribution in [1.82, 2.24) is 19.8 Å². The number of hydrogen-bond acceptors (Lipinski definition) is 4. The van der Waals surface area contributed by atoms with Crippen LogP contribution in [0.3, 0.4) is 0 Å². The van der Waals surface area contributed by atoms with Gasteiger partial charge in [0.2, 0.25) is 5.91 Å². The van der Waals surface area contributed by atoms with Crippen molar-refractivity contribution in [2.75, 3.05) is 27.2 Å². The highest BCUT2D eigenvalue weighted by molar-refractivity contribution is 5.93. The van der Waals surface area contributed by atoms with E-state index in [9.17, 15) is 9.59 Å². The molecule has 0 unspecified atom stereocenters. The number of benzene rings is 2. The molecule has 6 heteroatoms. The molecule has 3 aromatic rings. The molecule has 0 spiro atoms. The average molecular weight is 429 g/mol. The summed E-state index contributed by atoms with van der Waals surface area (Å²) in [5.41, 5.74) is 3.05. The zero-order valence-electron chi connectivity index (χ0n) is 18.6. The maximum atomic E-state index is 13.4. The lowest BCUT2D eigenvalue weighted by molar-refractivity contribution is -0.142. The number of nitrogens with zero attached hydrogens (tertiary/aromatic N) is 4. The van der Waals surface area contributed by atoms with E-state index in [0.29, 0.717) is 25.2 Å². The van der Waals surface area contributed by atoms with Crippen LogP contribution in [0, 0.1) is 5.41 Å². The molecule has 0 N–H and O–H groups in total. The van der Waals surface area contributed by atoms with E-state index in [1.807, 2.05) is 18.2 Å². The van der Waals surface area contributed by atoms with Gasteiger partial charge in [-0.25, -0.2) is 4.98 Å². The zero-order valence-corrected chi connectivity index (χ0v) is 18.6. The monoisotopic (exact) mass is 428 g/mol. The molecule has 164 valence electrons. The number of rotatable bonds is 5. The lowest BCUT2D eigenvalue weighted by atomic mass is 9.73. The zero-order chi connectivity index (χ0) is 22.6. The van der Waals surface area contributed by atoms with Gasteiger partial charge in [-0.1, -0.05) is 54.6 Å². The van der Waals surface area contributed by atoms with Crippen LogP contribution in [0.25, 0.3) is 11.1 Å². The Morgan fingerprint density at radius 2 is 1.72 bits per heavy atom. The van der Waals surface area contributed by atoms with Crippen molar-refractivity contribution in [2.45, 2.75) is 19.3 Å². The van der Waals surface area contributed by atoms with E-state index in [2.05, 4.69) is 46.4 Å². The molecule has 1 atom stereocenters. The highest BCUT2D eigenvalue weighted by Crippen LogP contribution is 2.36. The molecule has 6 nitrogen and oxygen atoms in total. The Morgan fingerprint density at radius 3 is 2.38 bits per heavy atom. The Hall–Kier alpha value is -3.54. The molecule has 1 aliphatic rings. The second-order valence-electron chi connectivity index (χ2n) is 8.64. The Bertz CT molecular complexity index is 1070. The van der Waals surface area contributed by atoms with Gasteiger partial charge in [-0.15, -0.1) is 0 Å². The van der Waals surface area contributed by atoms with Crippen LogP contribution in [-0.2, 0) is 11.2 Å². The van der Waals surface area contributed by atoms with Gasteiger partial charge in [0, 0.05) is 39.6 Å². The summed E-state index contributed by atoms with van der Waals surface area (Å²) in [6.45, 7) is 0.991. The molecule has 0 saturated carbocycles. The third kappa shape index (κ3) is 4.54. The molecule has 4 rings (SSSR count). The first-order chi connectivity index (χ1) is 15.5. The Kier molecular flexibility index (Phi) is 6.30. The van der Waals surface area contributed by atoms with Gasteiger partial charge in [0.15, 0.2) is 0 Å². The number of likely N-dealkylation sites (tertiary alicyclic amines) is 1. The maximum absolute atomic E-state index is 13.4. The second kappa shape index (κ2) is 9.30. The van der Waals surface area contributed by atoms with E-state index in [0.717, 1.165) is 29.5 Å². The van der Waals surface area contributed by atoms with Crippen LogP contribution in [-0.4, -0.2) is 58.8 Å². The van der Waals surface area contributed by atoms with Crippen LogP contribution in [0.1, 0.15) is 28.9 Å². The van der Waals surface area contributed by atoms with Crippen molar-refractivity contribution in [3.05, 3.63) is 84.4 Å². The highest BCUT2D eigenvalue weighted by atomic mass is 16.2. The fourth-order valence-corrected chi connectivity index (χ4v) is 4.58. The first-order valence-electron chi connectivity index (χ1n) is 10.9. The molecule has 0 aliphatic carbocycles. The standard InChI is InChI=1S/C26H28N4O2/c1-29(2)25(32)26(13-6-16-30(19-26)24(31)23-18-27-14-15-28-23)17-20-9-11-22(12-10-20)21-7-4-3-5-8-21/h3-5,7-12,14-15,18H,6,13,16-17,19H2,1-2H3/t26-/m1/s1.